The summed E-state index contributed by atoms with van der Waals surface area (Å²) in [6, 6.07) is 32.4. The predicted molar refractivity (Wildman–Crippen MR) is 169 cm³/mol. The zero-order valence-electron chi connectivity index (χ0n) is 23.3. The fourth-order valence-corrected chi connectivity index (χ4v) is 4.49. The van der Waals surface area contributed by atoms with Crippen molar-refractivity contribution >= 4 is 25.3 Å². The lowest BCUT2D eigenvalue weighted by atomic mass is 10.1. The van der Waals surface area contributed by atoms with Crippen LogP contribution in [0.25, 0.3) is 0 Å². The molecule has 216 valence electrons. The average molecular weight is 601 g/mol. The highest BCUT2D eigenvalue weighted by Gasteiger charge is 2.27. The summed E-state index contributed by atoms with van der Waals surface area (Å²) in [6.07, 6.45) is 2.46. The predicted octanol–water partition coefficient (Wildman–Crippen LogP) is 9.51. The first kappa shape index (κ1) is 29.7. The molecule has 0 heterocycles. The molecule has 5 aromatic rings. The molecule has 8 heteroatoms. The number of hydrogen-bond acceptors (Lipinski definition) is 7. The molecule has 0 aliphatic carbocycles. The topological polar surface area (TPSA) is 88.1 Å². The molecular weight excluding hydrogens is 575 g/mol. The van der Waals surface area contributed by atoms with E-state index in [2.05, 4.69) is 13.2 Å². The summed E-state index contributed by atoms with van der Waals surface area (Å²) in [7, 11) is -0.371. The molecule has 0 amide bonds. The lowest BCUT2D eigenvalue weighted by Crippen LogP contribution is -2.06. The van der Waals surface area contributed by atoms with Gasteiger partial charge in [-0.3, -0.25) is 14.2 Å². The number of carbonyl (C=O) groups is 2. The first-order valence-electron chi connectivity index (χ1n) is 13.4. The molecule has 0 fully saturated rings. The molecule has 0 bridgehead atoms. The van der Waals surface area contributed by atoms with Crippen molar-refractivity contribution in [3.63, 3.8) is 0 Å². The Morgan fingerprint density at radius 3 is 1.39 bits per heavy atom. The lowest BCUT2D eigenvalue weighted by Gasteiger charge is -2.21. The van der Waals surface area contributed by atoms with Gasteiger partial charge in [0, 0.05) is 17.2 Å². The van der Waals surface area contributed by atoms with Crippen molar-refractivity contribution in [2.75, 3.05) is 0 Å². The van der Waals surface area contributed by atoms with Gasteiger partial charge in [-0.1, -0.05) is 49.6 Å². The van der Waals surface area contributed by atoms with Gasteiger partial charge in [0.1, 0.15) is 23.0 Å². The van der Waals surface area contributed by atoms with Crippen LogP contribution >= 0.6 is 8.46 Å². The summed E-state index contributed by atoms with van der Waals surface area (Å²) in [5, 5.41) is 0.229. The zero-order chi connectivity index (χ0) is 30.9. The van der Waals surface area contributed by atoms with Crippen LogP contribution in [0, 0.1) is 0 Å². The first-order valence-corrected chi connectivity index (χ1v) is 14.2. The molecule has 0 unspecified atom stereocenters. The Balaban J connectivity index is 1.69. The summed E-state index contributed by atoms with van der Waals surface area (Å²) in [5.74, 6) is 1.67. The fourth-order valence-electron chi connectivity index (χ4n) is 4.09. The molecule has 0 aliphatic rings. The van der Waals surface area contributed by atoms with E-state index in [1.54, 1.807) is 91.0 Å². The van der Waals surface area contributed by atoms with E-state index in [0.717, 1.165) is 0 Å². The molecule has 0 aromatic heterocycles. The normalized spacial score (nSPS) is 10.5. The number of allylic oxidation sites excluding steroid dienone is 2. The molecule has 0 aliphatic heterocycles. The maximum absolute atomic E-state index is 12.6. The van der Waals surface area contributed by atoms with Gasteiger partial charge in [0.05, 0.1) is 5.30 Å². The monoisotopic (exact) mass is 600 g/mol. The summed E-state index contributed by atoms with van der Waals surface area (Å²) in [5.41, 5.74) is 0.867. The van der Waals surface area contributed by atoms with Crippen LogP contribution in [0.1, 0.15) is 20.7 Å². The van der Waals surface area contributed by atoms with E-state index >= 15 is 0 Å². The van der Waals surface area contributed by atoms with Gasteiger partial charge >= 0.3 is 0 Å². The van der Waals surface area contributed by atoms with Gasteiger partial charge in [0.15, 0.2) is 31.5 Å². The average Bonchev–Trinajstić information content (AvgIpc) is 3.08. The largest absolute Gasteiger partial charge is 0.453 e. The van der Waals surface area contributed by atoms with Crippen molar-refractivity contribution in [3.8, 4) is 46.0 Å². The minimum Gasteiger partial charge on any atom is -0.453 e. The van der Waals surface area contributed by atoms with E-state index in [9.17, 15) is 14.2 Å². The molecule has 0 N–H and O–H groups in total. The van der Waals surface area contributed by atoms with E-state index in [1.807, 2.05) is 24.3 Å². The number of carbonyl (C=O) groups excluding carboxylic acids is 2. The lowest BCUT2D eigenvalue weighted by molar-refractivity contribution is 0.103. The molecule has 5 rings (SSSR count). The van der Waals surface area contributed by atoms with Crippen LogP contribution in [0.2, 0.25) is 0 Å². The van der Waals surface area contributed by atoms with Gasteiger partial charge in [-0.15, -0.1) is 0 Å². The van der Waals surface area contributed by atoms with Crippen LogP contribution in [0.5, 0.6) is 46.0 Å². The third-order valence-corrected chi connectivity index (χ3v) is 6.79. The molecule has 5 aromatic carbocycles. The van der Waals surface area contributed by atoms with Crippen LogP contribution in [0.15, 0.2) is 141 Å². The fraction of sp³-hybridized carbons (Fsp3) is 0. The standard InChI is InChI=1S/C36H25O7P/c1-3-30(37)24-15-19-28(20-16-24)41-34-32(40-26-11-7-5-8-12-26)23-33(44-39)35(42-27-13-9-6-10-14-27)36(34)43-29-21-17-25(18-22-29)31(38)4-2/h3-23H,1-2H2. The Bertz CT molecular complexity index is 1820. The Morgan fingerprint density at radius 2 is 0.932 bits per heavy atom. The molecular formula is C36H25O7P. The van der Waals surface area contributed by atoms with Crippen molar-refractivity contribution in [2.24, 2.45) is 0 Å². The van der Waals surface area contributed by atoms with E-state index < -0.39 is 0 Å². The molecule has 44 heavy (non-hydrogen) atoms. The van der Waals surface area contributed by atoms with E-state index in [0.29, 0.717) is 34.1 Å². The van der Waals surface area contributed by atoms with Crippen molar-refractivity contribution in [3.05, 3.63) is 152 Å². The SMILES string of the molecule is C=CC(=O)c1ccc(Oc2c(Oc3ccccc3)cc(P=O)c(Oc3ccccc3)c2Oc2ccc(C(=O)C=C)cc2)cc1. The van der Waals surface area contributed by atoms with Crippen molar-refractivity contribution in [1.29, 1.82) is 0 Å². The van der Waals surface area contributed by atoms with Crippen molar-refractivity contribution < 1.29 is 33.1 Å². The smallest absolute Gasteiger partial charge is 0.217 e. The second kappa shape index (κ2) is 13.9. The summed E-state index contributed by atoms with van der Waals surface area (Å²) < 4.78 is 37.8. The zero-order valence-corrected chi connectivity index (χ0v) is 24.2. The molecule has 0 saturated heterocycles. The minimum absolute atomic E-state index is 0.0645. The van der Waals surface area contributed by atoms with E-state index in [4.69, 9.17) is 18.9 Å². The number of benzene rings is 5. The first-order chi connectivity index (χ1) is 21.5. The molecule has 0 spiro atoms. The number of para-hydroxylation sites is 2. The Kier molecular flexibility index (Phi) is 9.40. The number of rotatable bonds is 13. The van der Waals surface area contributed by atoms with Gasteiger partial charge in [-0.2, -0.15) is 0 Å². The van der Waals surface area contributed by atoms with E-state index in [-0.39, 0.29) is 48.3 Å². The van der Waals surface area contributed by atoms with Gasteiger partial charge in [0.2, 0.25) is 11.5 Å². The Hall–Kier alpha value is -5.78. The Labute approximate surface area is 255 Å². The van der Waals surface area contributed by atoms with Crippen LogP contribution in [0.3, 0.4) is 0 Å². The van der Waals surface area contributed by atoms with Crippen LogP contribution in [-0.2, 0) is 4.57 Å². The highest BCUT2D eigenvalue weighted by atomic mass is 31.1. The highest BCUT2D eigenvalue weighted by Crippen LogP contribution is 2.50. The van der Waals surface area contributed by atoms with E-state index in [1.165, 1.54) is 12.2 Å². The maximum Gasteiger partial charge on any atom is 0.217 e. The Morgan fingerprint density at radius 1 is 0.523 bits per heavy atom. The third-order valence-electron chi connectivity index (χ3n) is 6.26. The molecule has 0 radical (unpaired) electrons. The van der Waals surface area contributed by atoms with Crippen LogP contribution in [-0.4, -0.2) is 11.6 Å². The van der Waals surface area contributed by atoms with Gasteiger partial charge < -0.3 is 18.9 Å². The second-order valence-corrected chi connectivity index (χ2v) is 9.86. The van der Waals surface area contributed by atoms with Crippen LogP contribution in [0.4, 0.5) is 0 Å². The van der Waals surface area contributed by atoms with Crippen molar-refractivity contribution in [2.45, 2.75) is 0 Å². The van der Waals surface area contributed by atoms with Crippen LogP contribution < -0.4 is 24.3 Å². The minimum atomic E-state index is -0.371. The number of ketones is 2. The molecule has 7 nitrogen and oxygen atoms in total. The van der Waals surface area contributed by atoms with Gasteiger partial charge in [0.25, 0.3) is 0 Å². The number of hydrogen-bond donors (Lipinski definition) is 0. The number of ether oxygens (including phenoxy) is 4. The van der Waals surface area contributed by atoms with Crippen molar-refractivity contribution in [1.82, 2.24) is 0 Å². The summed E-state index contributed by atoms with van der Waals surface area (Å²) >= 11 is 0. The quantitative estimate of drug-likeness (QED) is 0.0755. The second-order valence-electron chi connectivity index (χ2n) is 9.19. The molecule has 0 saturated carbocycles. The van der Waals surface area contributed by atoms with Gasteiger partial charge in [-0.25, -0.2) is 0 Å². The third kappa shape index (κ3) is 6.98. The highest BCUT2D eigenvalue weighted by molar-refractivity contribution is 7.34. The maximum atomic E-state index is 12.6. The summed E-state index contributed by atoms with van der Waals surface area (Å²) in [4.78, 5) is 24.2. The molecule has 0 atom stereocenters. The summed E-state index contributed by atoms with van der Waals surface area (Å²) in [6.45, 7) is 7.06. The van der Waals surface area contributed by atoms with Gasteiger partial charge in [-0.05, 0) is 84.9 Å².